The van der Waals surface area contributed by atoms with Gasteiger partial charge in [0.1, 0.15) is 11.5 Å². The monoisotopic (exact) mass is 224 g/mol. The lowest BCUT2D eigenvalue weighted by Crippen LogP contribution is -1.89. The molecule has 0 amide bonds. The van der Waals surface area contributed by atoms with Gasteiger partial charge in [-0.15, -0.1) is 6.58 Å². The Morgan fingerprint density at radius 3 is 2.65 bits per heavy atom. The predicted octanol–water partition coefficient (Wildman–Crippen LogP) is 4.63. The summed E-state index contributed by atoms with van der Waals surface area (Å²) in [7, 11) is 0. The van der Waals surface area contributed by atoms with Gasteiger partial charge >= 0.3 is 0 Å². The molecule has 1 aromatic heterocycles. The lowest BCUT2D eigenvalue weighted by atomic mass is 10.1. The molecule has 1 aliphatic carbocycles. The van der Waals surface area contributed by atoms with Crippen molar-refractivity contribution < 1.29 is 4.42 Å². The molecule has 1 saturated carbocycles. The average molecular weight is 224 g/mol. The van der Waals surface area contributed by atoms with Crippen LogP contribution in [0.3, 0.4) is 0 Å². The van der Waals surface area contributed by atoms with Gasteiger partial charge in [-0.3, -0.25) is 0 Å². The first-order valence-electron chi connectivity index (χ1n) is 6.02. The van der Waals surface area contributed by atoms with E-state index in [-0.39, 0.29) is 5.41 Å². The van der Waals surface area contributed by atoms with Crippen LogP contribution in [0.4, 0.5) is 0 Å². The van der Waals surface area contributed by atoms with Crippen LogP contribution >= 0.6 is 0 Å². The number of allylic oxidation sites excluding steroid dienone is 1. The maximum atomic E-state index is 5.94. The zero-order valence-corrected chi connectivity index (χ0v) is 10.0. The molecule has 0 spiro atoms. The van der Waals surface area contributed by atoms with Crippen molar-refractivity contribution in [2.75, 3.05) is 0 Å². The summed E-state index contributed by atoms with van der Waals surface area (Å²) in [6, 6.07) is 14.4. The third kappa shape index (κ3) is 1.72. The smallest absolute Gasteiger partial charge is 0.134 e. The fourth-order valence-corrected chi connectivity index (χ4v) is 2.33. The first kappa shape index (κ1) is 10.4. The zero-order chi connectivity index (χ0) is 11.9. The molecule has 1 aliphatic rings. The predicted molar refractivity (Wildman–Crippen MR) is 69.8 cm³/mol. The maximum absolute atomic E-state index is 5.94. The molecule has 0 unspecified atom stereocenters. The van der Waals surface area contributed by atoms with Crippen molar-refractivity contribution in [3.8, 4) is 11.3 Å². The molecular weight excluding hydrogens is 208 g/mol. The molecule has 0 aliphatic heterocycles. The normalized spacial score (nSPS) is 26.8. The lowest BCUT2D eigenvalue weighted by Gasteiger charge is -2.01. The van der Waals surface area contributed by atoms with E-state index in [0.29, 0.717) is 5.92 Å². The Kier molecular flexibility index (Phi) is 2.22. The SMILES string of the molecule is C=C[C@]1(C)C[C@@H]1c1ccc(-c2ccccc2)o1. The highest BCUT2D eigenvalue weighted by Gasteiger charge is 2.50. The van der Waals surface area contributed by atoms with Crippen molar-refractivity contribution in [3.05, 3.63) is 60.9 Å². The van der Waals surface area contributed by atoms with Gasteiger partial charge < -0.3 is 4.42 Å². The molecular formula is C16H16O. The molecule has 1 aromatic carbocycles. The van der Waals surface area contributed by atoms with E-state index in [1.807, 2.05) is 24.3 Å². The van der Waals surface area contributed by atoms with E-state index >= 15 is 0 Å². The summed E-state index contributed by atoms with van der Waals surface area (Å²) in [4.78, 5) is 0. The summed E-state index contributed by atoms with van der Waals surface area (Å²) in [6.45, 7) is 6.13. The van der Waals surface area contributed by atoms with E-state index in [1.165, 1.54) is 0 Å². The largest absolute Gasteiger partial charge is 0.461 e. The highest BCUT2D eigenvalue weighted by atomic mass is 16.3. The molecule has 0 radical (unpaired) electrons. The Morgan fingerprint density at radius 1 is 1.24 bits per heavy atom. The third-order valence-corrected chi connectivity index (χ3v) is 3.77. The topological polar surface area (TPSA) is 13.1 Å². The summed E-state index contributed by atoms with van der Waals surface area (Å²) >= 11 is 0. The Morgan fingerprint density at radius 2 is 2.00 bits per heavy atom. The number of rotatable bonds is 3. The minimum atomic E-state index is 0.242. The van der Waals surface area contributed by atoms with Crippen LogP contribution in [-0.2, 0) is 0 Å². The molecule has 2 aromatic rings. The summed E-state index contributed by atoms with van der Waals surface area (Å²) in [5.74, 6) is 2.56. The van der Waals surface area contributed by atoms with Gasteiger partial charge in [0.2, 0.25) is 0 Å². The summed E-state index contributed by atoms with van der Waals surface area (Å²) in [5.41, 5.74) is 1.38. The minimum Gasteiger partial charge on any atom is -0.461 e. The van der Waals surface area contributed by atoms with Crippen LogP contribution in [0.2, 0.25) is 0 Å². The molecule has 1 heteroatoms. The van der Waals surface area contributed by atoms with Gasteiger partial charge in [0.25, 0.3) is 0 Å². The van der Waals surface area contributed by atoms with Crippen molar-refractivity contribution in [2.45, 2.75) is 19.3 Å². The van der Waals surface area contributed by atoms with Gasteiger partial charge in [-0.25, -0.2) is 0 Å². The molecule has 0 saturated heterocycles. The molecule has 1 heterocycles. The van der Waals surface area contributed by atoms with E-state index < -0.39 is 0 Å². The van der Waals surface area contributed by atoms with Crippen LogP contribution < -0.4 is 0 Å². The molecule has 0 N–H and O–H groups in total. The lowest BCUT2D eigenvalue weighted by molar-refractivity contribution is 0.505. The number of hydrogen-bond donors (Lipinski definition) is 0. The van der Waals surface area contributed by atoms with E-state index in [9.17, 15) is 0 Å². The van der Waals surface area contributed by atoms with Crippen molar-refractivity contribution >= 4 is 0 Å². The van der Waals surface area contributed by atoms with Crippen molar-refractivity contribution in [3.63, 3.8) is 0 Å². The van der Waals surface area contributed by atoms with E-state index in [1.54, 1.807) is 0 Å². The second kappa shape index (κ2) is 3.63. The second-order valence-electron chi connectivity index (χ2n) is 5.03. The Hall–Kier alpha value is -1.76. The van der Waals surface area contributed by atoms with Crippen molar-refractivity contribution in [1.29, 1.82) is 0 Å². The average Bonchev–Trinajstić information content (AvgIpc) is 2.86. The van der Waals surface area contributed by atoms with Crippen LogP contribution in [0.15, 0.2) is 59.5 Å². The third-order valence-electron chi connectivity index (χ3n) is 3.77. The van der Waals surface area contributed by atoms with Crippen LogP contribution in [0.25, 0.3) is 11.3 Å². The Balaban J connectivity index is 1.88. The highest BCUT2D eigenvalue weighted by molar-refractivity contribution is 5.57. The number of benzene rings is 1. The first-order valence-corrected chi connectivity index (χ1v) is 6.02. The number of furan rings is 1. The summed E-state index contributed by atoms with van der Waals surface area (Å²) in [5, 5.41) is 0. The quantitative estimate of drug-likeness (QED) is 0.693. The van der Waals surface area contributed by atoms with Gasteiger partial charge in [-0.1, -0.05) is 43.3 Å². The summed E-state index contributed by atoms with van der Waals surface area (Å²) < 4.78 is 5.94. The van der Waals surface area contributed by atoms with Crippen LogP contribution in [0.5, 0.6) is 0 Å². The van der Waals surface area contributed by atoms with Gasteiger partial charge in [0.15, 0.2) is 0 Å². The van der Waals surface area contributed by atoms with E-state index in [0.717, 1.165) is 23.5 Å². The van der Waals surface area contributed by atoms with Gasteiger partial charge in [-0.2, -0.15) is 0 Å². The Labute approximate surface area is 102 Å². The molecule has 17 heavy (non-hydrogen) atoms. The molecule has 86 valence electrons. The zero-order valence-electron chi connectivity index (χ0n) is 10.0. The van der Waals surface area contributed by atoms with Gasteiger partial charge in [-0.05, 0) is 24.0 Å². The van der Waals surface area contributed by atoms with E-state index in [4.69, 9.17) is 4.42 Å². The van der Waals surface area contributed by atoms with Crippen LogP contribution in [-0.4, -0.2) is 0 Å². The van der Waals surface area contributed by atoms with Crippen LogP contribution in [0.1, 0.15) is 25.0 Å². The fourth-order valence-electron chi connectivity index (χ4n) is 2.33. The number of hydrogen-bond acceptors (Lipinski definition) is 1. The van der Waals surface area contributed by atoms with E-state index in [2.05, 4.69) is 37.8 Å². The fraction of sp³-hybridized carbons (Fsp3) is 0.250. The van der Waals surface area contributed by atoms with Crippen LogP contribution in [0, 0.1) is 5.41 Å². The molecule has 1 fully saturated rings. The molecule has 0 bridgehead atoms. The molecule has 3 rings (SSSR count). The molecule has 2 atom stereocenters. The second-order valence-corrected chi connectivity index (χ2v) is 5.03. The maximum Gasteiger partial charge on any atom is 0.134 e. The van der Waals surface area contributed by atoms with Crippen molar-refractivity contribution in [1.82, 2.24) is 0 Å². The van der Waals surface area contributed by atoms with Gasteiger partial charge in [0.05, 0.1) is 0 Å². The van der Waals surface area contributed by atoms with Gasteiger partial charge in [0, 0.05) is 11.5 Å². The summed E-state index contributed by atoms with van der Waals surface area (Å²) in [6.07, 6.45) is 3.20. The first-order chi connectivity index (χ1) is 8.23. The molecule has 1 nitrogen and oxygen atoms in total. The Bertz CT molecular complexity index is 538. The standard InChI is InChI=1S/C16H16O/c1-3-16(2)11-13(16)15-10-9-14(17-15)12-7-5-4-6-8-12/h3-10,13H,1,11H2,2H3/t13-,16-/m1/s1. The van der Waals surface area contributed by atoms with Crippen molar-refractivity contribution in [2.24, 2.45) is 5.41 Å². The minimum absolute atomic E-state index is 0.242. The highest BCUT2D eigenvalue weighted by Crippen LogP contribution is 2.60.